The molecule has 14 rings (SSSR count). The van der Waals surface area contributed by atoms with Crippen LogP contribution < -0.4 is 5.32 Å². The third kappa shape index (κ3) is 5.93. The van der Waals surface area contributed by atoms with Gasteiger partial charge in [0.25, 0.3) is 0 Å². The Balaban J connectivity index is 1.04. The highest BCUT2D eigenvalue weighted by Crippen LogP contribution is 2.44. The lowest BCUT2D eigenvalue weighted by Crippen LogP contribution is -2.34. The molecule has 1 unspecified atom stereocenters. The van der Waals surface area contributed by atoms with Gasteiger partial charge in [-0.1, -0.05) is 158 Å². The Labute approximate surface area is 389 Å². The van der Waals surface area contributed by atoms with Gasteiger partial charge in [-0.05, 0) is 83.1 Å². The lowest BCUT2D eigenvalue weighted by molar-refractivity contribution is 0.674. The van der Waals surface area contributed by atoms with Crippen molar-refractivity contribution in [1.29, 1.82) is 0 Å². The molecule has 3 aromatic heterocycles. The highest BCUT2D eigenvalue weighted by molar-refractivity contribution is 7.26. The summed E-state index contributed by atoms with van der Waals surface area (Å²) in [7, 11) is 0. The van der Waals surface area contributed by atoms with Crippen molar-refractivity contribution in [1.82, 2.24) is 14.5 Å². The molecule has 0 amide bonds. The number of aromatic nitrogens is 2. The lowest BCUT2D eigenvalue weighted by atomic mass is 9.97. The lowest BCUT2D eigenvalue weighted by Gasteiger charge is -2.25. The number of amidine groups is 2. The van der Waals surface area contributed by atoms with Gasteiger partial charge in [0.1, 0.15) is 12.0 Å². The standard InChI is InChI=1S/C61H39N5S/c1-3-17-38(18-4-1)59-62-60(64-61(63-59)49-29-15-26-46-43-23-9-12-30-52(43)65(57(46)49)42-21-5-2-6-22-42)41-33-34-54(51(36-41)48-28-16-27-47-45-25-11-14-32-56(45)67-58(47)48)66-53-31-13-10-24-44(53)50-35-39-19-7-8-20-40(39)37-55(50)66/h1-37,59H,(H,62,63,64). The number of hydrogen-bond donors (Lipinski definition) is 1. The molecule has 1 aliphatic heterocycles. The molecule has 0 fully saturated rings. The maximum absolute atomic E-state index is 5.55. The van der Waals surface area contributed by atoms with E-state index in [2.05, 4.69) is 239 Å². The van der Waals surface area contributed by atoms with Crippen molar-refractivity contribution < 1.29 is 0 Å². The number of nitrogens with zero attached hydrogens (tertiary/aromatic N) is 4. The van der Waals surface area contributed by atoms with E-state index >= 15 is 0 Å². The molecule has 1 aliphatic rings. The van der Waals surface area contributed by atoms with Gasteiger partial charge in [-0.2, -0.15) is 0 Å². The summed E-state index contributed by atoms with van der Waals surface area (Å²) in [5.74, 6) is 1.45. The molecule has 1 atom stereocenters. The third-order valence-corrected chi connectivity index (χ3v) is 14.8. The first-order valence-electron chi connectivity index (χ1n) is 22.8. The van der Waals surface area contributed by atoms with Crippen molar-refractivity contribution in [3.8, 4) is 22.5 Å². The minimum Gasteiger partial charge on any atom is -0.344 e. The fourth-order valence-electron chi connectivity index (χ4n) is 10.5. The monoisotopic (exact) mass is 873 g/mol. The Morgan fingerprint density at radius 2 is 1.06 bits per heavy atom. The van der Waals surface area contributed by atoms with Gasteiger partial charge in [0.15, 0.2) is 5.84 Å². The molecule has 0 bridgehead atoms. The summed E-state index contributed by atoms with van der Waals surface area (Å²) in [6, 6.07) is 81.0. The third-order valence-electron chi connectivity index (χ3n) is 13.6. The average molecular weight is 874 g/mol. The van der Waals surface area contributed by atoms with E-state index < -0.39 is 0 Å². The number of para-hydroxylation sites is 4. The molecular formula is C61H39N5S. The number of hydrogen-bond acceptors (Lipinski definition) is 4. The quantitative estimate of drug-likeness (QED) is 0.178. The molecule has 10 aromatic carbocycles. The van der Waals surface area contributed by atoms with Crippen LogP contribution >= 0.6 is 11.3 Å². The molecule has 67 heavy (non-hydrogen) atoms. The van der Waals surface area contributed by atoms with Crippen LogP contribution in [0.5, 0.6) is 0 Å². The molecule has 1 N–H and O–H groups in total. The van der Waals surface area contributed by atoms with Gasteiger partial charge in [-0.15, -0.1) is 11.3 Å². The van der Waals surface area contributed by atoms with Crippen LogP contribution in [0.1, 0.15) is 22.9 Å². The predicted octanol–water partition coefficient (Wildman–Crippen LogP) is 15.6. The van der Waals surface area contributed by atoms with Crippen LogP contribution in [0.25, 0.3) is 97.1 Å². The number of aliphatic imine (C=N–C) groups is 2. The fourth-order valence-corrected chi connectivity index (χ4v) is 11.8. The van der Waals surface area contributed by atoms with E-state index in [0.29, 0.717) is 5.84 Å². The van der Waals surface area contributed by atoms with Crippen LogP contribution in [0.3, 0.4) is 0 Å². The van der Waals surface area contributed by atoms with Gasteiger partial charge in [0, 0.05) is 69.7 Å². The SMILES string of the molecule is c1ccc(C2N=C(c3ccc(-n4c5ccccc5c5cc6ccccc6cc54)c(-c4cccc5c4sc4ccccc45)c3)N=C(c3cccc4c5ccccc5n(-c5ccccc5)c34)N2)cc1. The zero-order valence-corrected chi connectivity index (χ0v) is 37.0. The van der Waals surface area contributed by atoms with Crippen LogP contribution in [-0.4, -0.2) is 20.8 Å². The van der Waals surface area contributed by atoms with E-state index in [1.807, 2.05) is 11.3 Å². The van der Waals surface area contributed by atoms with Gasteiger partial charge in [0.2, 0.25) is 0 Å². The van der Waals surface area contributed by atoms with Crippen LogP contribution in [0.15, 0.2) is 234 Å². The van der Waals surface area contributed by atoms with E-state index in [9.17, 15) is 0 Å². The molecule has 0 radical (unpaired) electrons. The van der Waals surface area contributed by atoms with Crippen LogP contribution in [-0.2, 0) is 0 Å². The first-order chi connectivity index (χ1) is 33.2. The topological polar surface area (TPSA) is 46.6 Å². The summed E-state index contributed by atoms with van der Waals surface area (Å²) < 4.78 is 7.38. The number of benzene rings is 10. The molecule has 314 valence electrons. The normalized spacial score (nSPS) is 14.1. The second-order valence-corrected chi connectivity index (χ2v) is 18.4. The Kier molecular flexibility index (Phi) is 8.45. The van der Waals surface area contributed by atoms with Crippen LogP contribution in [0.4, 0.5) is 0 Å². The Hall–Kier alpha value is -8.58. The van der Waals surface area contributed by atoms with Gasteiger partial charge in [-0.3, -0.25) is 0 Å². The highest BCUT2D eigenvalue weighted by Gasteiger charge is 2.26. The highest BCUT2D eigenvalue weighted by atomic mass is 32.1. The van der Waals surface area contributed by atoms with Crippen molar-refractivity contribution in [2.45, 2.75) is 6.17 Å². The molecule has 0 saturated carbocycles. The van der Waals surface area contributed by atoms with Crippen molar-refractivity contribution in [2.24, 2.45) is 9.98 Å². The van der Waals surface area contributed by atoms with Crippen molar-refractivity contribution in [2.75, 3.05) is 0 Å². The van der Waals surface area contributed by atoms with Crippen molar-refractivity contribution in [3.05, 3.63) is 241 Å². The first kappa shape index (κ1) is 37.8. The van der Waals surface area contributed by atoms with E-state index in [1.54, 1.807) is 0 Å². The first-order valence-corrected chi connectivity index (χ1v) is 23.6. The Morgan fingerprint density at radius 1 is 0.433 bits per heavy atom. The zero-order valence-electron chi connectivity index (χ0n) is 36.1. The number of thiophene rings is 1. The van der Waals surface area contributed by atoms with Crippen LogP contribution in [0, 0.1) is 0 Å². The van der Waals surface area contributed by atoms with Crippen LogP contribution in [0.2, 0.25) is 0 Å². The second-order valence-electron chi connectivity index (χ2n) is 17.3. The smallest absolute Gasteiger partial charge is 0.159 e. The Bertz CT molecular complexity index is 4190. The summed E-state index contributed by atoms with van der Waals surface area (Å²) in [5.41, 5.74) is 12.1. The fraction of sp³-hybridized carbons (Fsp3) is 0.0164. The van der Waals surface area contributed by atoms with E-state index in [4.69, 9.17) is 9.98 Å². The average Bonchev–Trinajstić information content (AvgIpc) is 4.06. The Morgan fingerprint density at radius 3 is 1.87 bits per heavy atom. The second kappa shape index (κ2) is 15.0. The molecule has 13 aromatic rings. The van der Waals surface area contributed by atoms with E-state index in [0.717, 1.165) is 56.0 Å². The van der Waals surface area contributed by atoms with Gasteiger partial charge < -0.3 is 14.5 Å². The minimum atomic E-state index is -0.381. The number of fused-ring (bicyclic) bond motifs is 10. The molecule has 0 spiro atoms. The molecule has 0 aliphatic carbocycles. The molecule has 6 heteroatoms. The summed E-state index contributed by atoms with van der Waals surface area (Å²) >= 11 is 1.86. The summed E-state index contributed by atoms with van der Waals surface area (Å²) in [6.45, 7) is 0. The van der Waals surface area contributed by atoms with E-state index in [1.165, 1.54) is 63.6 Å². The molecule has 5 nitrogen and oxygen atoms in total. The summed E-state index contributed by atoms with van der Waals surface area (Å²) in [6.07, 6.45) is -0.381. The molecule has 0 saturated heterocycles. The predicted molar refractivity (Wildman–Crippen MR) is 283 cm³/mol. The maximum Gasteiger partial charge on any atom is 0.159 e. The molecule has 4 heterocycles. The largest absolute Gasteiger partial charge is 0.344 e. The summed E-state index contributed by atoms with van der Waals surface area (Å²) in [5, 5.41) is 13.6. The number of nitrogens with one attached hydrogen (secondary N) is 1. The molecular weight excluding hydrogens is 835 g/mol. The zero-order chi connectivity index (χ0) is 44.0. The van der Waals surface area contributed by atoms with E-state index in [-0.39, 0.29) is 6.17 Å². The summed E-state index contributed by atoms with van der Waals surface area (Å²) in [4.78, 5) is 11.0. The van der Waals surface area contributed by atoms with Gasteiger partial charge in [-0.25, -0.2) is 9.98 Å². The maximum atomic E-state index is 5.55. The minimum absolute atomic E-state index is 0.381. The van der Waals surface area contributed by atoms with Crippen molar-refractivity contribution >= 4 is 97.6 Å². The van der Waals surface area contributed by atoms with Gasteiger partial charge >= 0.3 is 0 Å². The van der Waals surface area contributed by atoms with Gasteiger partial charge in [0.05, 0.1) is 27.8 Å². The van der Waals surface area contributed by atoms with Crippen molar-refractivity contribution in [3.63, 3.8) is 0 Å². The number of rotatable bonds is 6.